The number of hydrogen-bond acceptors (Lipinski definition) is 3. The number of hydrogen-bond donors (Lipinski definition) is 0. The van der Waals surface area contributed by atoms with E-state index in [1.807, 2.05) is 19.1 Å². The van der Waals surface area contributed by atoms with Gasteiger partial charge in [0.1, 0.15) is 0 Å². The van der Waals surface area contributed by atoms with E-state index < -0.39 is 0 Å². The van der Waals surface area contributed by atoms with E-state index in [-0.39, 0.29) is 16.8 Å². The van der Waals surface area contributed by atoms with Crippen molar-refractivity contribution in [2.75, 3.05) is 5.33 Å². The van der Waals surface area contributed by atoms with Crippen LogP contribution in [0.3, 0.4) is 0 Å². The third-order valence-electron chi connectivity index (χ3n) is 6.03. The molecule has 2 saturated carbocycles. The Kier molecular flexibility index (Phi) is 3.92. The Morgan fingerprint density at radius 1 is 1.36 bits per heavy atom. The van der Waals surface area contributed by atoms with Gasteiger partial charge in [-0.25, -0.2) is 4.79 Å². The van der Waals surface area contributed by atoms with Gasteiger partial charge < -0.3 is 4.84 Å². The van der Waals surface area contributed by atoms with Gasteiger partial charge in [-0.1, -0.05) is 52.6 Å². The fraction of sp³-hybridized carbons (Fsp3) is 0.556. The van der Waals surface area contributed by atoms with Crippen molar-refractivity contribution in [2.24, 2.45) is 21.9 Å². The maximum atomic E-state index is 12.1. The first-order valence-electron chi connectivity index (χ1n) is 7.82. The predicted octanol–water partition coefficient (Wildman–Crippen LogP) is 4.73. The Hall–Kier alpha value is -1.16. The average Bonchev–Trinajstić information content (AvgIpc) is 2.89. The summed E-state index contributed by atoms with van der Waals surface area (Å²) in [5.74, 6) is 0.258. The second-order valence-electron chi connectivity index (χ2n) is 7.11. The van der Waals surface area contributed by atoms with Crippen LogP contribution in [0.1, 0.15) is 49.0 Å². The molecule has 118 valence electrons. The summed E-state index contributed by atoms with van der Waals surface area (Å²) in [6.45, 7) is 6.58. The molecule has 0 N–H and O–H groups in total. The van der Waals surface area contributed by atoms with E-state index in [0.717, 1.165) is 29.4 Å². The Morgan fingerprint density at radius 2 is 2.05 bits per heavy atom. The monoisotopic (exact) mass is 363 g/mol. The van der Waals surface area contributed by atoms with Gasteiger partial charge in [-0.2, -0.15) is 0 Å². The van der Waals surface area contributed by atoms with Crippen molar-refractivity contribution in [1.82, 2.24) is 0 Å². The molecule has 2 aliphatic carbocycles. The van der Waals surface area contributed by atoms with Crippen molar-refractivity contribution in [3.05, 3.63) is 35.4 Å². The minimum Gasteiger partial charge on any atom is -0.313 e. The quantitative estimate of drug-likeness (QED) is 0.442. The fourth-order valence-corrected chi connectivity index (χ4v) is 5.09. The van der Waals surface area contributed by atoms with E-state index in [4.69, 9.17) is 4.84 Å². The zero-order valence-electron chi connectivity index (χ0n) is 13.4. The van der Waals surface area contributed by atoms with Crippen molar-refractivity contribution < 1.29 is 9.63 Å². The van der Waals surface area contributed by atoms with E-state index in [1.54, 1.807) is 12.1 Å². The molecular weight excluding hydrogens is 342 g/mol. The third-order valence-corrected chi connectivity index (χ3v) is 7.20. The molecule has 3 nitrogen and oxygen atoms in total. The van der Waals surface area contributed by atoms with Gasteiger partial charge in [-0.3, -0.25) is 0 Å². The Morgan fingerprint density at radius 3 is 2.64 bits per heavy atom. The molecular formula is C18H22BrNO2. The van der Waals surface area contributed by atoms with Gasteiger partial charge in [0.05, 0.1) is 11.3 Å². The first-order chi connectivity index (χ1) is 10.4. The summed E-state index contributed by atoms with van der Waals surface area (Å²) in [6.07, 6.45) is 3.31. The Balaban J connectivity index is 1.77. The minimum atomic E-state index is -0.376. The van der Waals surface area contributed by atoms with Crippen LogP contribution in [0.4, 0.5) is 0 Å². The lowest BCUT2D eigenvalue weighted by atomic mass is 9.70. The lowest BCUT2D eigenvalue weighted by Crippen LogP contribution is -2.36. The normalized spacial score (nSPS) is 35.1. The number of halogens is 1. The Labute approximate surface area is 140 Å². The van der Waals surface area contributed by atoms with E-state index in [0.29, 0.717) is 11.5 Å². The number of oxime groups is 1. The van der Waals surface area contributed by atoms with Crippen molar-refractivity contribution >= 4 is 27.6 Å². The molecule has 0 spiro atoms. The lowest BCUT2D eigenvalue weighted by Gasteiger charge is -2.36. The van der Waals surface area contributed by atoms with Gasteiger partial charge in [0, 0.05) is 10.7 Å². The van der Waals surface area contributed by atoms with Crippen molar-refractivity contribution in [1.29, 1.82) is 0 Å². The molecule has 2 bridgehead atoms. The van der Waals surface area contributed by atoms with E-state index in [2.05, 4.69) is 34.9 Å². The topological polar surface area (TPSA) is 38.7 Å². The van der Waals surface area contributed by atoms with E-state index >= 15 is 0 Å². The molecule has 1 aromatic rings. The number of benzene rings is 1. The molecule has 0 amide bonds. The zero-order chi connectivity index (χ0) is 16.0. The standard InChI is InChI=1S/C18H22BrNO2/c1-12-4-6-13(7-5-12)16(21)22-20-15-10-14-8-9-17(15,2)18(14,3)11-19/h4-7,14H,8-11H2,1-3H3/b20-15-/t14-,17+,18+/m1/s1. The molecule has 0 aromatic heterocycles. The highest BCUT2D eigenvalue weighted by molar-refractivity contribution is 9.09. The molecule has 0 saturated heterocycles. The molecule has 3 rings (SSSR count). The van der Waals surface area contributed by atoms with Crippen LogP contribution in [-0.2, 0) is 4.84 Å². The molecule has 3 atom stereocenters. The molecule has 0 heterocycles. The van der Waals surface area contributed by atoms with Crippen LogP contribution in [0, 0.1) is 23.7 Å². The highest BCUT2D eigenvalue weighted by Gasteiger charge is 2.62. The first-order valence-corrected chi connectivity index (χ1v) is 8.94. The van der Waals surface area contributed by atoms with Crippen LogP contribution in [-0.4, -0.2) is 17.0 Å². The number of rotatable bonds is 3. The smallest absolute Gasteiger partial charge is 0.313 e. The van der Waals surface area contributed by atoms with Crippen molar-refractivity contribution in [3.8, 4) is 0 Å². The molecule has 0 aliphatic heterocycles. The molecule has 0 radical (unpaired) electrons. The maximum absolute atomic E-state index is 12.1. The van der Waals surface area contributed by atoms with Crippen LogP contribution in [0.25, 0.3) is 0 Å². The van der Waals surface area contributed by atoms with Crippen molar-refractivity contribution in [3.63, 3.8) is 0 Å². The summed E-state index contributed by atoms with van der Waals surface area (Å²) in [5.41, 5.74) is 2.96. The highest BCUT2D eigenvalue weighted by Crippen LogP contribution is 2.64. The molecule has 1 aromatic carbocycles. The van der Waals surface area contributed by atoms with Crippen LogP contribution in [0.5, 0.6) is 0 Å². The summed E-state index contributed by atoms with van der Waals surface area (Å²) in [5, 5.41) is 5.23. The lowest BCUT2D eigenvalue weighted by molar-refractivity contribution is 0.0508. The number of carbonyl (C=O) groups is 1. The predicted molar refractivity (Wildman–Crippen MR) is 91.4 cm³/mol. The van der Waals surface area contributed by atoms with Crippen LogP contribution < -0.4 is 0 Å². The van der Waals surface area contributed by atoms with Crippen LogP contribution in [0.2, 0.25) is 0 Å². The third kappa shape index (κ3) is 2.23. The first kappa shape index (κ1) is 15.7. The molecule has 0 unspecified atom stereocenters. The molecule has 22 heavy (non-hydrogen) atoms. The average molecular weight is 364 g/mol. The largest absolute Gasteiger partial charge is 0.365 e. The molecule has 4 heteroatoms. The summed E-state index contributed by atoms with van der Waals surface area (Å²) < 4.78 is 0. The minimum absolute atomic E-state index is 0.0364. The van der Waals surface area contributed by atoms with Gasteiger partial charge in [0.2, 0.25) is 0 Å². The van der Waals surface area contributed by atoms with E-state index in [9.17, 15) is 4.79 Å². The highest BCUT2D eigenvalue weighted by atomic mass is 79.9. The second-order valence-corrected chi connectivity index (χ2v) is 7.67. The van der Waals surface area contributed by atoms with Gasteiger partial charge in [0.15, 0.2) is 0 Å². The van der Waals surface area contributed by atoms with Gasteiger partial charge >= 0.3 is 5.97 Å². The summed E-state index contributed by atoms with van der Waals surface area (Å²) in [4.78, 5) is 17.4. The van der Waals surface area contributed by atoms with Crippen molar-refractivity contribution in [2.45, 2.75) is 40.0 Å². The number of alkyl halides is 1. The second kappa shape index (κ2) is 5.48. The summed E-state index contributed by atoms with van der Waals surface area (Å²) in [6, 6.07) is 7.38. The maximum Gasteiger partial charge on any atom is 0.365 e. The summed E-state index contributed by atoms with van der Waals surface area (Å²) in [7, 11) is 0. The number of aryl methyl sites for hydroxylation is 1. The number of carbonyl (C=O) groups excluding carboxylic acids is 1. The van der Waals surface area contributed by atoms with Crippen LogP contribution in [0.15, 0.2) is 29.4 Å². The SMILES string of the molecule is Cc1ccc(C(=O)O/N=C2/C[C@H]3CC[C@]2(C)[C@@]3(C)CBr)cc1. The van der Waals surface area contributed by atoms with Crippen LogP contribution >= 0.6 is 15.9 Å². The fourth-order valence-electron chi connectivity index (χ4n) is 4.01. The van der Waals surface area contributed by atoms with E-state index in [1.165, 1.54) is 6.42 Å². The van der Waals surface area contributed by atoms with Gasteiger partial charge in [-0.05, 0) is 49.7 Å². The number of fused-ring (bicyclic) bond motifs is 2. The van der Waals surface area contributed by atoms with Gasteiger partial charge in [-0.15, -0.1) is 0 Å². The zero-order valence-corrected chi connectivity index (χ0v) is 14.9. The molecule has 2 fully saturated rings. The van der Waals surface area contributed by atoms with Gasteiger partial charge in [0.25, 0.3) is 0 Å². The number of nitrogens with zero attached hydrogens (tertiary/aromatic N) is 1. The molecule has 2 aliphatic rings. The summed E-state index contributed by atoms with van der Waals surface area (Å²) >= 11 is 3.68. The Bertz CT molecular complexity index is 624.